The number of fused-ring (bicyclic) bond motifs is 1. The van der Waals surface area contributed by atoms with E-state index in [0.29, 0.717) is 30.3 Å². The minimum Gasteiger partial charge on any atom is -0.462 e. The van der Waals surface area contributed by atoms with E-state index < -0.39 is 0 Å². The van der Waals surface area contributed by atoms with Crippen LogP contribution >= 0.6 is 0 Å². The van der Waals surface area contributed by atoms with E-state index in [-0.39, 0.29) is 17.9 Å². The standard InChI is InChI=1S/C39H46O4/c1-4-6-7-8-9-10-11-12-13-30-14-15-35-27-36(21-20-34(35)26-30)39(41)43-37-24-22-32(23-25-37)31-16-18-33(19-17-31)38(40)42-28-29(3)5-2/h14-19,22-26,29,36H,4-11,20-21,27-28H2,1-3H3. The predicted octanol–water partition coefficient (Wildman–Crippen LogP) is 9.37. The second-order valence-electron chi connectivity index (χ2n) is 11.9. The SMILES string of the molecule is CCCCCCCCC#Cc1ccc2c(c1)CCC(C(=O)Oc1ccc(-c3ccc(C(=O)OCC(C)CC)cc3)cc1)C2. The monoisotopic (exact) mass is 578 g/mol. The van der Waals surface area contributed by atoms with Gasteiger partial charge in [0, 0.05) is 12.0 Å². The van der Waals surface area contributed by atoms with Crippen LogP contribution in [0.5, 0.6) is 5.75 Å². The molecule has 0 heterocycles. The van der Waals surface area contributed by atoms with Gasteiger partial charge in [0.2, 0.25) is 0 Å². The molecule has 3 aromatic carbocycles. The molecule has 0 aliphatic heterocycles. The first-order valence-electron chi connectivity index (χ1n) is 16.2. The third-order valence-electron chi connectivity index (χ3n) is 8.38. The molecular formula is C39H46O4. The molecule has 1 aliphatic carbocycles. The highest BCUT2D eigenvalue weighted by Gasteiger charge is 2.26. The number of benzene rings is 3. The van der Waals surface area contributed by atoms with E-state index in [1.54, 1.807) is 12.1 Å². The largest absolute Gasteiger partial charge is 0.462 e. The van der Waals surface area contributed by atoms with Crippen molar-refractivity contribution in [3.8, 4) is 28.7 Å². The summed E-state index contributed by atoms with van der Waals surface area (Å²) in [6.45, 7) is 6.82. The number of carbonyl (C=O) groups is 2. The van der Waals surface area contributed by atoms with Crippen LogP contribution in [0.3, 0.4) is 0 Å². The first kappa shape index (κ1) is 32.1. The molecule has 2 unspecified atom stereocenters. The van der Waals surface area contributed by atoms with Gasteiger partial charge in [-0.3, -0.25) is 4.79 Å². The molecule has 43 heavy (non-hydrogen) atoms. The van der Waals surface area contributed by atoms with Crippen molar-refractivity contribution in [1.82, 2.24) is 0 Å². The molecule has 4 rings (SSSR count). The van der Waals surface area contributed by atoms with Crippen molar-refractivity contribution >= 4 is 11.9 Å². The predicted molar refractivity (Wildman–Crippen MR) is 174 cm³/mol. The van der Waals surface area contributed by atoms with Gasteiger partial charge in [-0.15, -0.1) is 0 Å². The van der Waals surface area contributed by atoms with Gasteiger partial charge in [0.25, 0.3) is 0 Å². The molecule has 226 valence electrons. The lowest BCUT2D eigenvalue weighted by atomic mass is 9.83. The lowest BCUT2D eigenvalue weighted by molar-refractivity contribution is -0.139. The minimum absolute atomic E-state index is 0.149. The van der Waals surface area contributed by atoms with Crippen LogP contribution in [0.1, 0.15) is 106 Å². The van der Waals surface area contributed by atoms with Gasteiger partial charge in [0.05, 0.1) is 18.1 Å². The Morgan fingerprint density at radius 1 is 0.860 bits per heavy atom. The highest BCUT2D eigenvalue weighted by atomic mass is 16.5. The maximum Gasteiger partial charge on any atom is 0.338 e. The van der Waals surface area contributed by atoms with Crippen LogP contribution < -0.4 is 4.74 Å². The second-order valence-corrected chi connectivity index (χ2v) is 11.9. The third kappa shape index (κ3) is 9.85. The Labute approximate surface area is 258 Å². The average molecular weight is 579 g/mol. The van der Waals surface area contributed by atoms with Gasteiger partial charge < -0.3 is 9.47 Å². The molecular weight excluding hydrogens is 532 g/mol. The van der Waals surface area contributed by atoms with Crippen LogP contribution in [-0.4, -0.2) is 18.5 Å². The molecule has 0 aromatic heterocycles. The molecule has 4 nitrogen and oxygen atoms in total. The number of carbonyl (C=O) groups excluding carboxylic acids is 2. The van der Waals surface area contributed by atoms with Crippen LogP contribution in [0.25, 0.3) is 11.1 Å². The number of ether oxygens (including phenoxy) is 2. The van der Waals surface area contributed by atoms with E-state index in [4.69, 9.17) is 9.47 Å². The summed E-state index contributed by atoms with van der Waals surface area (Å²) in [5.74, 6) is 6.94. The summed E-state index contributed by atoms with van der Waals surface area (Å²) in [7, 11) is 0. The van der Waals surface area contributed by atoms with Gasteiger partial charge in [-0.25, -0.2) is 4.79 Å². The van der Waals surface area contributed by atoms with Crippen molar-refractivity contribution in [2.75, 3.05) is 6.61 Å². The fourth-order valence-electron chi connectivity index (χ4n) is 5.33. The van der Waals surface area contributed by atoms with Crippen LogP contribution in [0, 0.1) is 23.7 Å². The molecule has 0 N–H and O–H groups in total. The fourth-order valence-corrected chi connectivity index (χ4v) is 5.33. The fraction of sp³-hybridized carbons (Fsp3) is 0.436. The van der Waals surface area contributed by atoms with E-state index in [0.717, 1.165) is 42.4 Å². The van der Waals surface area contributed by atoms with Crippen molar-refractivity contribution in [2.24, 2.45) is 11.8 Å². The third-order valence-corrected chi connectivity index (χ3v) is 8.38. The van der Waals surface area contributed by atoms with Gasteiger partial charge in [-0.1, -0.05) is 101 Å². The lowest BCUT2D eigenvalue weighted by Crippen LogP contribution is -2.26. The highest BCUT2D eigenvalue weighted by Crippen LogP contribution is 2.29. The minimum atomic E-state index is -0.299. The molecule has 3 aromatic rings. The average Bonchev–Trinajstić information content (AvgIpc) is 3.04. The zero-order valence-electron chi connectivity index (χ0n) is 26.1. The van der Waals surface area contributed by atoms with Crippen molar-refractivity contribution in [3.05, 3.63) is 89.0 Å². The maximum absolute atomic E-state index is 13.0. The summed E-state index contributed by atoms with van der Waals surface area (Å²) in [4.78, 5) is 25.3. The molecule has 0 saturated heterocycles. The van der Waals surface area contributed by atoms with Crippen molar-refractivity contribution in [2.45, 2.75) is 91.4 Å². The smallest absolute Gasteiger partial charge is 0.338 e. The number of esters is 2. The van der Waals surface area contributed by atoms with E-state index in [9.17, 15) is 9.59 Å². The quantitative estimate of drug-likeness (QED) is 0.0877. The molecule has 0 fully saturated rings. The zero-order valence-corrected chi connectivity index (χ0v) is 26.1. The van der Waals surface area contributed by atoms with Gasteiger partial charge >= 0.3 is 11.9 Å². The molecule has 4 heteroatoms. The summed E-state index contributed by atoms with van der Waals surface area (Å²) >= 11 is 0. The first-order chi connectivity index (χ1) is 21.0. The van der Waals surface area contributed by atoms with Gasteiger partial charge in [-0.05, 0) is 90.3 Å². The van der Waals surface area contributed by atoms with Crippen LogP contribution in [0.4, 0.5) is 0 Å². The molecule has 0 saturated carbocycles. The Morgan fingerprint density at radius 2 is 1.56 bits per heavy atom. The number of unbranched alkanes of at least 4 members (excludes halogenated alkanes) is 6. The Hall–Kier alpha value is -3.84. The summed E-state index contributed by atoms with van der Waals surface area (Å²) in [5.41, 5.74) is 6.09. The van der Waals surface area contributed by atoms with Gasteiger partial charge in [-0.2, -0.15) is 0 Å². The molecule has 1 aliphatic rings. The summed E-state index contributed by atoms with van der Waals surface area (Å²) in [5, 5.41) is 0. The summed E-state index contributed by atoms with van der Waals surface area (Å²) in [6.07, 6.45) is 12.0. The van der Waals surface area contributed by atoms with Gasteiger partial charge in [0.15, 0.2) is 0 Å². The van der Waals surface area contributed by atoms with Crippen LogP contribution in [0.15, 0.2) is 66.7 Å². The zero-order chi connectivity index (χ0) is 30.4. The Kier molecular flexibility index (Phi) is 12.5. The van der Waals surface area contributed by atoms with Crippen molar-refractivity contribution in [3.63, 3.8) is 0 Å². The van der Waals surface area contributed by atoms with Crippen LogP contribution in [0.2, 0.25) is 0 Å². The molecule has 0 spiro atoms. The number of hydrogen-bond donors (Lipinski definition) is 0. The molecule has 0 radical (unpaired) electrons. The number of hydrogen-bond acceptors (Lipinski definition) is 4. The maximum atomic E-state index is 13.0. The Morgan fingerprint density at radius 3 is 2.28 bits per heavy atom. The van der Waals surface area contributed by atoms with Crippen LogP contribution in [-0.2, 0) is 22.4 Å². The van der Waals surface area contributed by atoms with E-state index in [2.05, 4.69) is 50.8 Å². The van der Waals surface area contributed by atoms with Gasteiger partial charge in [0.1, 0.15) is 5.75 Å². The number of aryl methyl sites for hydroxylation is 1. The summed E-state index contributed by atoms with van der Waals surface area (Å²) < 4.78 is 11.2. The molecule has 0 bridgehead atoms. The molecule has 0 amide bonds. The van der Waals surface area contributed by atoms with Crippen molar-refractivity contribution < 1.29 is 19.1 Å². The number of rotatable bonds is 13. The van der Waals surface area contributed by atoms with E-state index >= 15 is 0 Å². The normalized spacial score (nSPS) is 14.6. The van der Waals surface area contributed by atoms with E-state index in [1.165, 1.54) is 49.7 Å². The highest BCUT2D eigenvalue weighted by molar-refractivity contribution is 5.90. The topological polar surface area (TPSA) is 52.6 Å². The van der Waals surface area contributed by atoms with Crippen molar-refractivity contribution in [1.29, 1.82) is 0 Å². The van der Waals surface area contributed by atoms with E-state index in [1.807, 2.05) is 36.4 Å². The summed E-state index contributed by atoms with van der Waals surface area (Å²) in [6, 6.07) is 21.3. The first-order valence-corrected chi connectivity index (χ1v) is 16.2. The Balaban J connectivity index is 1.25. The second kappa shape index (κ2) is 16.7. The lowest BCUT2D eigenvalue weighted by Gasteiger charge is -2.23. The molecule has 2 atom stereocenters. The Bertz CT molecular complexity index is 1390.